The second kappa shape index (κ2) is 8.89. The summed E-state index contributed by atoms with van der Waals surface area (Å²) in [5, 5.41) is 10.8. The number of nitro groups is 1. The van der Waals surface area contributed by atoms with Crippen LogP contribution < -0.4 is 15.2 Å². The van der Waals surface area contributed by atoms with Crippen LogP contribution in [0, 0.1) is 10.1 Å². The molecular weight excluding hydrogens is 322 g/mol. The molecule has 0 aliphatic heterocycles. The molecule has 0 radical (unpaired) electrons. The van der Waals surface area contributed by atoms with Crippen molar-refractivity contribution in [2.24, 2.45) is 0 Å². The maximum atomic E-state index is 10.8. The fourth-order valence-corrected chi connectivity index (χ4v) is 2.36. The van der Waals surface area contributed by atoms with Gasteiger partial charge >= 0.3 is 0 Å². The first-order valence-corrected chi connectivity index (χ1v) is 8.20. The lowest BCUT2D eigenvalue weighted by Gasteiger charge is -2.18. The Morgan fingerprint density at radius 3 is 2.40 bits per heavy atom. The largest absolute Gasteiger partial charge is 0.492 e. The van der Waals surface area contributed by atoms with Crippen LogP contribution in [0.5, 0.6) is 17.2 Å². The monoisotopic (exact) mass is 345 g/mol. The van der Waals surface area contributed by atoms with Crippen molar-refractivity contribution in [1.82, 2.24) is 4.90 Å². The summed E-state index contributed by atoms with van der Waals surface area (Å²) in [4.78, 5) is 12.5. The first-order valence-electron chi connectivity index (χ1n) is 8.20. The van der Waals surface area contributed by atoms with E-state index in [9.17, 15) is 10.1 Å². The highest BCUT2D eigenvalue weighted by Gasteiger charge is 2.12. The highest BCUT2D eigenvalue weighted by molar-refractivity contribution is 5.61. The second-order valence-corrected chi connectivity index (χ2v) is 5.43. The molecule has 0 aliphatic carbocycles. The van der Waals surface area contributed by atoms with Gasteiger partial charge in [0.05, 0.1) is 4.92 Å². The zero-order chi connectivity index (χ0) is 18.2. The average Bonchev–Trinajstić information content (AvgIpc) is 2.59. The van der Waals surface area contributed by atoms with Crippen molar-refractivity contribution in [3.63, 3.8) is 0 Å². The van der Waals surface area contributed by atoms with E-state index in [4.69, 9.17) is 15.2 Å². The predicted molar refractivity (Wildman–Crippen MR) is 97.3 cm³/mol. The predicted octanol–water partition coefficient (Wildman–Crippen LogP) is 3.69. The summed E-state index contributed by atoms with van der Waals surface area (Å²) >= 11 is 0. The van der Waals surface area contributed by atoms with Crippen LogP contribution in [-0.4, -0.2) is 36.1 Å². The van der Waals surface area contributed by atoms with Gasteiger partial charge in [-0.1, -0.05) is 19.9 Å². The number of nitrogen functional groups attached to an aromatic ring is 1. The normalized spacial score (nSPS) is 10.7. The summed E-state index contributed by atoms with van der Waals surface area (Å²) in [5.74, 6) is 1.72. The van der Waals surface area contributed by atoms with Crippen LogP contribution >= 0.6 is 0 Å². The van der Waals surface area contributed by atoms with Crippen LogP contribution in [-0.2, 0) is 0 Å². The minimum Gasteiger partial charge on any atom is -0.492 e. The van der Waals surface area contributed by atoms with Crippen molar-refractivity contribution >= 4 is 11.4 Å². The molecule has 0 heterocycles. The Morgan fingerprint density at radius 1 is 1.08 bits per heavy atom. The van der Waals surface area contributed by atoms with E-state index in [1.807, 2.05) is 12.1 Å². The molecule has 2 aromatic carbocycles. The zero-order valence-corrected chi connectivity index (χ0v) is 14.5. The van der Waals surface area contributed by atoms with Gasteiger partial charge in [-0.05, 0) is 31.3 Å². The Labute approximate surface area is 147 Å². The molecular formula is C18H23N3O4. The van der Waals surface area contributed by atoms with E-state index in [1.165, 1.54) is 18.2 Å². The third-order valence-electron chi connectivity index (χ3n) is 3.81. The van der Waals surface area contributed by atoms with E-state index in [0.717, 1.165) is 19.6 Å². The lowest BCUT2D eigenvalue weighted by molar-refractivity contribution is -0.383. The van der Waals surface area contributed by atoms with Crippen molar-refractivity contribution in [2.75, 3.05) is 32.0 Å². The van der Waals surface area contributed by atoms with E-state index in [1.54, 1.807) is 12.1 Å². The van der Waals surface area contributed by atoms with E-state index >= 15 is 0 Å². The number of nitro benzene ring substituents is 1. The molecule has 2 N–H and O–H groups in total. The summed E-state index contributed by atoms with van der Waals surface area (Å²) in [5.41, 5.74) is 5.60. The minimum absolute atomic E-state index is 0.0640. The molecule has 0 fully saturated rings. The van der Waals surface area contributed by atoms with Gasteiger partial charge in [-0.15, -0.1) is 0 Å². The minimum atomic E-state index is -0.524. The third-order valence-corrected chi connectivity index (χ3v) is 3.81. The number of likely N-dealkylation sites (N-methyl/N-ethyl adjacent to an activating group) is 1. The summed E-state index contributed by atoms with van der Waals surface area (Å²) in [7, 11) is 0. The molecule has 0 amide bonds. The Morgan fingerprint density at radius 2 is 1.76 bits per heavy atom. The van der Waals surface area contributed by atoms with Crippen LogP contribution in [0.15, 0.2) is 42.5 Å². The van der Waals surface area contributed by atoms with Crippen molar-refractivity contribution in [2.45, 2.75) is 13.8 Å². The SMILES string of the molecule is CCN(CC)CCOc1cccc(Oc2ccc([N+](=O)[O-])c(N)c2)c1. The molecule has 134 valence electrons. The van der Waals surface area contributed by atoms with Gasteiger partial charge in [0.25, 0.3) is 5.69 Å². The van der Waals surface area contributed by atoms with Crippen LogP contribution in [0.2, 0.25) is 0 Å². The lowest BCUT2D eigenvalue weighted by Crippen LogP contribution is -2.27. The molecule has 0 atom stereocenters. The lowest BCUT2D eigenvalue weighted by atomic mass is 10.2. The quantitative estimate of drug-likeness (QED) is 0.423. The summed E-state index contributed by atoms with van der Waals surface area (Å²) in [6.07, 6.45) is 0. The van der Waals surface area contributed by atoms with Crippen LogP contribution in [0.25, 0.3) is 0 Å². The highest BCUT2D eigenvalue weighted by atomic mass is 16.6. The fourth-order valence-electron chi connectivity index (χ4n) is 2.36. The zero-order valence-electron chi connectivity index (χ0n) is 14.5. The topological polar surface area (TPSA) is 90.9 Å². The van der Waals surface area contributed by atoms with E-state index in [0.29, 0.717) is 23.9 Å². The molecule has 7 nitrogen and oxygen atoms in total. The number of nitrogens with two attached hydrogens (primary N) is 1. The first-order chi connectivity index (χ1) is 12.0. The summed E-state index contributed by atoms with van der Waals surface area (Å²) in [6.45, 7) is 7.67. The Hall–Kier alpha value is -2.80. The number of hydrogen-bond acceptors (Lipinski definition) is 6. The molecule has 0 bridgehead atoms. The van der Waals surface area contributed by atoms with E-state index < -0.39 is 4.92 Å². The van der Waals surface area contributed by atoms with Crippen molar-refractivity contribution < 1.29 is 14.4 Å². The van der Waals surface area contributed by atoms with Gasteiger partial charge in [-0.2, -0.15) is 0 Å². The van der Waals surface area contributed by atoms with Gasteiger partial charge in [0.2, 0.25) is 0 Å². The van der Waals surface area contributed by atoms with E-state index in [2.05, 4.69) is 18.7 Å². The van der Waals surface area contributed by atoms with Crippen molar-refractivity contribution in [3.8, 4) is 17.2 Å². The van der Waals surface area contributed by atoms with Gasteiger partial charge in [0, 0.05) is 24.7 Å². The van der Waals surface area contributed by atoms with E-state index in [-0.39, 0.29) is 11.4 Å². The number of ether oxygens (including phenoxy) is 2. The first kappa shape index (κ1) is 18.5. The highest BCUT2D eigenvalue weighted by Crippen LogP contribution is 2.30. The van der Waals surface area contributed by atoms with Crippen molar-refractivity contribution in [3.05, 3.63) is 52.6 Å². The van der Waals surface area contributed by atoms with Gasteiger partial charge in [0.15, 0.2) is 0 Å². The molecule has 2 rings (SSSR count). The number of hydrogen-bond donors (Lipinski definition) is 1. The summed E-state index contributed by atoms with van der Waals surface area (Å²) < 4.78 is 11.5. The molecule has 0 saturated heterocycles. The molecule has 0 unspecified atom stereocenters. The smallest absolute Gasteiger partial charge is 0.292 e. The number of nitrogens with zero attached hydrogens (tertiary/aromatic N) is 2. The molecule has 0 saturated carbocycles. The average molecular weight is 345 g/mol. The van der Waals surface area contributed by atoms with Gasteiger partial charge in [-0.3, -0.25) is 10.1 Å². The standard InChI is InChI=1S/C18H23N3O4/c1-3-20(4-2)10-11-24-14-6-5-7-15(12-14)25-16-8-9-18(21(22)23)17(19)13-16/h5-9,12-13H,3-4,10-11,19H2,1-2H3. The van der Waals surface area contributed by atoms with Crippen molar-refractivity contribution in [1.29, 1.82) is 0 Å². The van der Waals surface area contributed by atoms with Crippen LogP contribution in [0.4, 0.5) is 11.4 Å². The van der Waals surface area contributed by atoms with Gasteiger partial charge in [-0.25, -0.2) is 0 Å². The van der Waals surface area contributed by atoms with Crippen LogP contribution in [0.1, 0.15) is 13.8 Å². The maximum absolute atomic E-state index is 10.8. The Balaban J connectivity index is 1.99. The molecule has 2 aromatic rings. The molecule has 0 aliphatic rings. The summed E-state index contributed by atoms with van der Waals surface area (Å²) in [6, 6.07) is 11.5. The van der Waals surface area contributed by atoms with Gasteiger partial charge in [0.1, 0.15) is 29.5 Å². The third kappa shape index (κ3) is 5.36. The number of anilines is 1. The second-order valence-electron chi connectivity index (χ2n) is 5.43. The number of benzene rings is 2. The molecule has 0 spiro atoms. The van der Waals surface area contributed by atoms with Gasteiger partial charge < -0.3 is 20.1 Å². The molecule has 7 heteroatoms. The fraction of sp³-hybridized carbons (Fsp3) is 0.333. The number of rotatable bonds is 9. The molecule has 0 aromatic heterocycles. The molecule has 25 heavy (non-hydrogen) atoms. The maximum Gasteiger partial charge on any atom is 0.292 e. The van der Waals surface area contributed by atoms with Crippen LogP contribution in [0.3, 0.4) is 0 Å². The Bertz CT molecular complexity index is 717. The Kier molecular flexibility index (Phi) is 6.59.